The van der Waals surface area contributed by atoms with E-state index in [1.165, 1.54) is 0 Å². The van der Waals surface area contributed by atoms with Crippen LogP contribution in [0.25, 0.3) is 0 Å². The summed E-state index contributed by atoms with van der Waals surface area (Å²) in [4.78, 5) is 16.8. The molecule has 1 aliphatic heterocycles. The van der Waals surface area contributed by atoms with E-state index in [9.17, 15) is 4.79 Å². The number of nitrogens with zero attached hydrogens (tertiary/aromatic N) is 2. The summed E-state index contributed by atoms with van der Waals surface area (Å²) in [7, 11) is 0. The Bertz CT molecular complexity index is 439. The first-order chi connectivity index (χ1) is 8.61. The standard InChI is InChI=1S/C14H19BrN2O/c1-3-16-6-8-17(9-7-16)14(18)12-10-11(2)4-5-13(12)15/h4-5,10H,3,6-9H2,1-2H3. The molecule has 1 heterocycles. The molecule has 4 heteroatoms. The topological polar surface area (TPSA) is 23.6 Å². The molecule has 18 heavy (non-hydrogen) atoms. The average Bonchev–Trinajstić information content (AvgIpc) is 2.41. The van der Waals surface area contributed by atoms with Gasteiger partial charge >= 0.3 is 0 Å². The molecule has 1 aromatic carbocycles. The Kier molecular flexibility index (Phi) is 4.40. The van der Waals surface area contributed by atoms with Crippen LogP contribution in [-0.4, -0.2) is 48.4 Å². The predicted octanol–water partition coefficient (Wildman–Crippen LogP) is 2.54. The van der Waals surface area contributed by atoms with Crippen LogP contribution >= 0.6 is 15.9 Å². The summed E-state index contributed by atoms with van der Waals surface area (Å²) in [6.07, 6.45) is 0. The highest BCUT2D eigenvalue weighted by atomic mass is 79.9. The first-order valence-electron chi connectivity index (χ1n) is 6.39. The molecule has 1 aliphatic rings. The van der Waals surface area contributed by atoms with Crippen molar-refractivity contribution in [2.75, 3.05) is 32.7 Å². The third-order valence-corrected chi connectivity index (χ3v) is 4.15. The van der Waals surface area contributed by atoms with Crippen molar-refractivity contribution in [1.82, 2.24) is 9.80 Å². The molecular weight excluding hydrogens is 292 g/mol. The van der Waals surface area contributed by atoms with E-state index < -0.39 is 0 Å². The molecule has 0 radical (unpaired) electrons. The van der Waals surface area contributed by atoms with Gasteiger partial charge in [-0.25, -0.2) is 0 Å². The van der Waals surface area contributed by atoms with Gasteiger partial charge in [-0.3, -0.25) is 4.79 Å². The molecule has 0 aliphatic carbocycles. The highest BCUT2D eigenvalue weighted by Crippen LogP contribution is 2.20. The van der Waals surface area contributed by atoms with Gasteiger partial charge in [0.2, 0.25) is 0 Å². The van der Waals surface area contributed by atoms with Crippen molar-refractivity contribution < 1.29 is 4.79 Å². The molecule has 0 N–H and O–H groups in total. The van der Waals surface area contributed by atoms with Crippen LogP contribution in [0.2, 0.25) is 0 Å². The maximum atomic E-state index is 12.4. The van der Waals surface area contributed by atoms with Crippen LogP contribution in [0.5, 0.6) is 0 Å². The van der Waals surface area contributed by atoms with E-state index in [2.05, 4.69) is 27.8 Å². The van der Waals surface area contributed by atoms with Gasteiger partial charge < -0.3 is 9.80 Å². The van der Waals surface area contributed by atoms with Crippen LogP contribution in [0.1, 0.15) is 22.8 Å². The van der Waals surface area contributed by atoms with Crippen molar-refractivity contribution in [2.24, 2.45) is 0 Å². The third-order valence-electron chi connectivity index (χ3n) is 3.46. The summed E-state index contributed by atoms with van der Waals surface area (Å²) >= 11 is 3.47. The van der Waals surface area contributed by atoms with E-state index in [-0.39, 0.29) is 5.91 Å². The highest BCUT2D eigenvalue weighted by molar-refractivity contribution is 9.10. The maximum absolute atomic E-state index is 12.4. The zero-order valence-electron chi connectivity index (χ0n) is 10.9. The lowest BCUT2D eigenvalue weighted by molar-refractivity contribution is 0.0642. The lowest BCUT2D eigenvalue weighted by Gasteiger charge is -2.34. The van der Waals surface area contributed by atoms with Gasteiger partial charge in [0.25, 0.3) is 5.91 Å². The number of carbonyl (C=O) groups is 1. The number of aryl methyl sites for hydroxylation is 1. The quantitative estimate of drug-likeness (QED) is 0.838. The van der Waals surface area contributed by atoms with Gasteiger partial charge in [-0.15, -0.1) is 0 Å². The lowest BCUT2D eigenvalue weighted by Crippen LogP contribution is -2.48. The fourth-order valence-corrected chi connectivity index (χ4v) is 2.66. The summed E-state index contributed by atoms with van der Waals surface area (Å²) < 4.78 is 0.885. The Morgan fingerprint density at radius 3 is 2.56 bits per heavy atom. The molecule has 1 saturated heterocycles. The highest BCUT2D eigenvalue weighted by Gasteiger charge is 2.22. The van der Waals surface area contributed by atoms with Crippen LogP contribution in [0.3, 0.4) is 0 Å². The summed E-state index contributed by atoms with van der Waals surface area (Å²) in [5.41, 5.74) is 1.90. The van der Waals surface area contributed by atoms with Crippen molar-refractivity contribution in [3.8, 4) is 0 Å². The Morgan fingerprint density at radius 1 is 1.28 bits per heavy atom. The van der Waals surface area contributed by atoms with Crippen LogP contribution in [0.15, 0.2) is 22.7 Å². The molecule has 2 rings (SSSR count). The number of amides is 1. The van der Waals surface area contributed by atoms with E-state index in [4.69, 9.17) is 0 Å². The van der Waals surface area contributed by atoms with Crippen molar-refractivity contribution in [3.63, 3.8) is 0 Å². The number of rotatable bonds is 2. The van der Waals surface area contributed by atoms with Crippen LogP contribution < -0.4 is 0 Å². The Balaban J connectivity index is 2.10. The second kappa shape index (κ2) is 5.85. The fraction of sp³-hybridized carbons (Fsp3) is 0.500. The monoisotopic (exact) mass is 310 g/mol. The fourth-order valence-electron chi connectivity index (χ4n) is 2.24. The number of halogens is 1. The lowest BCUT2D eigenvalue weighted by atomic mass is 10.1. The molecule has 1 fully saturated rings. The molecule has 3 nitrogen and oxygen atoms in total. The van der Waals surface area contributed by atoms with Gasteiger partial charge in [0.05, 0.1) is 5.56 Å². The molecule has 0 bridgehead atoms. The summed E-state index contributed by atoms with van der Waals surface area (Å²) in [5, 5.41) is 0. The number of likely N-dealkylation sites (N-methyl/N-ethyl adjacent to an activating group) is 1. The second-order valence-electron chi connectivity index (χ2n) is 4.71. The summed E-state index contributed by atoms with van der Waals surface area (Å²) in [6.45, 7) is 8.85. The zero-order valence-corrected chi connectivity index (χ0v) is 12.5. The molecule has 0 aromatic heterocycles. The Labute approximate surface area is 117 Å². The van der Waals surface area contributed by atoms with Crippen LogP contribution in [-0.2, 0) is 0 Å². The largest absolute Gasteiger partial charge is 0.336 e. The van der Waals surface area contributed by atoms with Gasteiger partial charge in [-0.2, -0.15) is 0 Å². The molecule has 1 amide bonds. The van der Waals surface area contributed by atoms with Crippen molar-refractivity contribution in [1.29, 1.82) is 0 Å². The Hall–Kier alpha value is -0.870. The maximum Gasteiger partial charge on any atom is 0.255 e. The Morgan fingerprint density at radius 2 is 1.94 bits per heavy atom. The smallest absolute Gasteiger partial charge is 0.255 e. The van der Waals surface area contributed by atoms with Crippen LogP contribution in [0, 0.1) is 6.92 Å². The van der Waals surface area contributed by atoms with E-state index in [1.807, 2.05) is 30.0 Å². The number of benzene rings is 1. The molecule has 0 unspecified atom stereocenters. The molecule has 0 spiro atoms. The van der Waals surface area contributed by atoms with Gasteiger partial charge in [0, 0.05) is 30.7 Å². The second-order valence-corrected chi connectivity index (χ2v) is 5.56. The predicted molar refractivity (Wildman–Crippen MR) is 76.9 cm³/mol. The first kappa shape index (κ1) is 13.6. The molecule has 0 atom stereocenters. The minimum absolute atomic E-state index is 0.140. The number of carbonyl (C=O) groups excluding carboxylic acids is 1. The van der Waals surface area contributed by atoms with E-state index in [0.29, 0.717) is 0 Å². The van der Waals surface area contributed by atoms with E-state index in [0.717, 1.165) is 48.3 Å². The minimum Gasteiger partial charge on any atom is -0.336 e. The number of hydrogen-bond acceptors (Lipinski definition) is 2. The average molecular weight is 311 g/mol. The van der Waals surface area contributed by atoms with Gasteiger partial charge in [-0.05, 0) is 41.5 Å². The molecule has 0 saturated carbocycles. The van der Waals surface area contributed by atoms with Gasteiger partial charge in [0.15, 0.2) is 0 Å². The SMILES string of the molecule is CCN1CCN(C(=O)c2cc(C)ccc2Br)CC1. The van der Waals surface area contributed by atoms with Crippen molar-refractivity contribution in [3.05, 3.63) is 33.8 Å². The van der Waals surface area contributed by atoms with Crippen molar-refractivity contribution in [2.45, 2.75) is 13.8 Å². The van der Waals surface area contributed by atoms with Gasteiger partial charge in [0.1, 0.15) is 0 Å². The molecule has 1 aromatic rings. The van der Waals surface area contributed by atoms with Crippen LogP contribution in [0.4, 0.5) is 0 Å². The molecular formula is C14H19BrN2O. The normalized spacial score (nSPS) is 16.9. The first-order valence-corrected chi connectivity index (χ1v) is 7.19. The third kappa shape index (κ3) is 2.93. The zero-order chi connectivity index (χ0) is 13.1. The molecule has 98 valence electrons. The van der Waals surface area contributed by atoms with E-state index >= 15 is 0 Å². The summed E-state index contributed by atoms with van der Waals surface area (Å²) in [6, 6.07) is 5.92. The minimum atomic E-state index is 0.140. The van der Waals surface area contributed by atoms with Crippen molar-refractivity contribution >= 4 is 21.8 Å². The van der Waals surface area contributed by atoms with Gasteiger partial charge in [-0.1, -0.05) is 18.6 Å². The number of piperazine rings is 1. The summed E-state index contributed by atoms with van der Waals surface area (Å²) in [5.74, 6) is 0.140. The van der Waals surface area contributed by atoms with E-state index in [1.54, 1.807) is 0 Å². The number of hydrogen-bond donors (Lipinski definition) is 0.